The van der Waals surface area contributed by atoms with Crippen LogP contribution in [0.3, 0.4) is 0 Å². The standard InChI is InChI=1S/C11H13F2OP/c1-3-7(2)9-5-4-8(6-10(9)14)11(12,13)15/h4-6,14H,2-3,15H2,1H3. The van der Waals surface area contributed by atoms with Crippen molar-refractivity contribution in [3.05, 3.63) is 35.9 Å². The molecule has 15 heavy (non-hydrogen) atoms. The molecule has 1 rings (SSSR count). The third-order valence-corrected chi connectivity index (χ3v) is 2.52. The van der Waals surface area contributed by atoms with Crippen LogP contribution in [0.15, 0.2) is 24.8 Å². The van der Waals surface area contributed by atoms with Crippen molar-refractivity contribution >= 4 is 14.8 Å². The fourth-order valence-corrected chi connectivity index (χ4v) is 1.41. The number of phenols is 1. The number of hydrogen-bond donors (Lipinski definition) is 1. The van der Waals surface area contributed by atoms with Gasteiger partial charge in [-0.3, -0.25) is 0 Å². The Morgan fingerprint density at radius 2 is 2.13 bits per heavy atom. The lowest BCUT2D eigenvalue weighted by Crippen LogP contribution is -2.02. The molecule has 0 aliphatic carbocycles. The van der Waals surface area contributed by atoms with E-state index in [4.69, 9.17) is 0 Å². The van der Waals surface area contributed by atoms with Gasteiger partial charge in [0.2, 0.25) is 0 Å². The molecule has 0 fully saturated rings. The Balaban J connectivity index is 3.15. The third kappa shape index (κ3) is 2.75. The average Bonchev–Trinajstić information content (AvgIpc) is 2.15. The smallest absolute Gasteiger partial charge is 0.284 e. The molecule has 1 aromatic carbocycles. The summed E-state index contributed by atoms with van der Waals surface area (Å²) in [6.45, 7) is 5.63. The summed E-state index contributed by atoms with van der Waals surface area (Å²) in [7, 11) is 1.44. The van der Waals surface area contributed by atoms with Crippen molar-refractivity contribution in [1.82, 2.24) is 0 Å². The van der Waals surface area contributed by atoms with Crippen LogP contribution in [-0.2, 0) is 5.66 Å². The van der Waals surface area contributed by atoms with Crippen molar-refractivity contribution in [1.29, 1.82) is 0 Å². The second-order valence-corrected chi connectivity index (χ2v) is 4.04. The molecule has 0 heterocycles. The molecule has 0 bridgehead atoms. The van der Waals surface area contributed by atoms with Crippen LogP contribution in [0.25, 0.3) is 5.57 Å². The third-order valence-electron chi connectivity index (χ3n) is 2.19. The molecule has 4 heteroatoms. The lowest BCUT2D eigenvalue weighted by molar-refractivity contribution is 0.103. The first-order chi connectivity index (χ1) is 6.86. The molecule has 0 amide bonds. The number of rotatable bonds is 3. The lowest BCUT2D eigenvalue weighted by atomic mass is 10.0. The van der Waals surface area contributed by atoms with E-state index in [1.165, 1.54) is 21.4 Å². The molecule has 0 aliphatic rings. The minimum atomic E-state index is -3.01. The highest BCUT2D eigenvalue weighted by atomic mass is 31.0. The van der Waals surface area contributed by atoms with Gasteiger partial charge in [-0.2, -0.15) is 8.78 Å². The maximum atomic E-state index is 12.9. The van der Waals surface area contributed by atoms with E-state index < -0.39 is 5.66 Å². The van der Waals surface area contributed by atoms with Crippen LogP contribution in [-0.4, -0.2) is 5.11 Å². The number of halogens is 2. The summed E-state index contributed by atoms with van der Waals surface area (Å²) in [5.74, 6) is -0.151. The summed E-state index contributed by atoms with van der Waals surface area (Å²) in [6, 6.07) is 3.83. The number of alkyl halides is 2. The average molecular weight is 230 g/mol. The minimum Gasteiger partial charge on any atom is -0.507 e. The molecule has 1 nitrogen and oxygen atoms in total. The Hall–Kier alpha value is -0.950. The van der Waals surface area contributed by atoms with Crippen molar-refractivity contribution in [3.8, 4) is 5.75 Å². The van der Waals surface area contributed by atoms with E-state index >= 15 is 0 Å². The molecule has 1 atom stereocenters. The predicted octanol–water partition coefficient (Wildman–Crippen LogP) is 3.74. The van der Waals surface area contributed by atoms with Gasteiger partial charge in [0, 0.05) is 11.1 Å². The molecule has 0 radical (unpaired) electrons. The van der Waals surface area contributed by atoms with Crippen molar-refractivity contribution in [2.75, 3.05) is 0 Å². The van der Waals surface area contributed by atoms with Gasteiger partial charge in [-0.15, -0.1) is 0 Å². The summed E-state index contributed by atoms with van der Waals surface area (Å²) in [6.07, 6.45) is 0.671. The Labute approximate surface area is 90.0 Å². The molecule has 1 aromatic rings. The fraction of sp³-hybridized carbons (Fsp3) is 0.273. The molecular formula is C11H13F2OP. The maximum absolute atomic E-state index is 12.9. The van der Waals surface area contributed by atoms with Gasteiger partial charge < -0.3 is 5.11 Å². The van der Waals surface area contributed by atoms with E-state index in [1.54, 1.807) is 0 Å². The highest BCUT2D eigenvalue weighted by Crippen LogP contribution is 2.38. The topological polar surface area (TPSA) is 20.2 Å². The summed E-state index contributed by atoms with van der Waals surface area (Å²) >= 11 is 0. The molecule has 0 saturated carbocycles. The van der Waals surface area contributed by atoms with Crippen molar-refractivity contribution in [2.24, 2.45) is 0 Å². The van der Waals surface area contributed by atoms with E-state index in [2.05, 4.69) is 6.58 Å². The highest BCUT2D eigenvalue weighted by molar-refractivity contribution is 7.17. The quantitative estimate of drug-likeness (QED) is 0.784. The first-order valence-corrected chi connectivity index (χ1v) is 5.12. The Bertz CT molecular complexity index is 383. The summed E-state index contributed by atoms with van der Waals surface area (Å²) < 4.78 is 25.8. The maximum Gasteiger partial charge on any atom is 0.284 e. The van der Waals surface area contributed by atoms with E-state index in [1.807, 2.05) is 6.92 Å². The Morgan fingerprint density at radius 3 is 2.53 bits per heavy atom. The van der Waals surface area contributed by atoms with E-state index in [0.717, 1.165) is 11.6 Å². The second-order valence-electron chi connectivity index (χ2n) is 3.31. The van der Waals surface area contributed by atoms with Crippen LogP contribution < -0.4 is 0 Å². The van der Waals surface area contributed by atoms with Gasteiger partial charge in [-0.25, -0.2) is 0 Å². The normalized spacial score (nSPS) is 11.5. The van der Waals surface area contributed by atoms with Gasteiger partial charge in [-0.05, 0) is 18.1 Å². The van der Waals surface area contributed by atoms with Crippen LogP contribution in [0.4, 0.5) is 8.78 Å². The number of hydrogen-bond acceptors (Lipinski definition) is 1. The van der Waals surface area contributed by atoms with E-state index in [0.29, 0.717) is 12.0 Å². The largest absolute Gasteiger partial charge is 0.507 e. The number of phenolic OH excluding ortho intramolecular Hbond substituents is 1. The molecule has 0 aliphatic heterocycles. The monoisotopic (exact) mass is 230 g/mol. The van der Waals surface area contributed by atoms with Crippen molar-refractivity contribution < 1.29 is 13.9 Å². The van der Waals surface area contributed by atoms with Crippen LogP contribution in [0, 0.1) is 0 Å². The minimum absolute atomic E-state index is 0.151. The van der Waals surface area contributed by atoms with Gasteiger partial charge in [0.25, 0.3) is 5.66 Å². The summed E-state index contributed by atoms with van der Waals surface area (Å²) in [4.78, 5) is 0. The van der Waals surface area contributed by atoms with Crippen molar-refractivity contribution in [3.63, 3.8) is 0 Å². The van der Waals surface area contributed by atoms with Crippen LogP contribution in [0.2, 0.25) is 0 Å². The molecule has 1 N–H and O–H groups in total. The zero-order valence-corrected chi connectivity index (χ0v) is 9.58. The van der Waals surface area contributed by atoms with E-state index in [-0.39, 0.29) is 11.3 Å². The molecular weight excluding hydrogens is 217 g/mol. The predicted molar refractivity (Wildman–Crippen MR) is 61.0 cm³/mol. The van der Waals surface area contributed by atoms with Crippen LogP contribution in [0.1, 0.15) is 24.5 Å². The number of aromatic hydroxyl groups is 1. The first-order valence-electron chi connectivity index (χ1n) is 4.54. The van der Waals surface area contributed by atoms with Gasteiger partial charge in [0.05, 0.1) is 0 Å². The number of benzene rings is 1. The first kappa shape index (κ1) is 12.1. The SMILES string of the molecule is C=C(CC)c1ccc(C(F)(F)P)cc1O. The zero-order valence-electron chi connectivity index (χ0n) is 8.43. The molecule has 82 valence electrons. The zero-order chi connectivity index (χ0) is 11.6. The van der Waals surface area contributed by atoms with Crippen LogP contribution in [0.5, 0.6) is 5.75 Å². The van der Waals surface area contributed by atoms with Crippen LogP contribution >= 0.6 is 9.24 Å². The van der Waals surface area contributed by atoms with Gasteiger partial charge in [0.1, 0.15) is 5.75 Å². The van der Waals surface area contributed by atoms with Crippen molar-refractivity contribution in [2.45, 2.75) is 19.0 Å². The molecule has 0 aromatic heterocycles. The summed E-state index contributed by atoms with van der Waals surface area (Å²) in [5, 5.41) is 9.55. The summed E-state index contributed by atoms with van der Waals surface area (Å²) in [5.41, 5.74) is -1.98. The number of allylic oxidation sites excluding steroid dienone is 1. The van der Waals surface area contributed by atoms with Gasteiger partial charge in [-0.1, -0.05) is 34.9 Å². The highest BCUT2D eigenvalue weighted by Gasteiger charge is 2.25. The molecule has 0 saturated heterocycles. The van der Waals surface area contributed by atoms with Gasteiger partial charge >= 0.3 is 0 Å². The van der Waals surface area contributed by atoms with Gasteiger partial charge in [0.15, 0.2) is 0 Å². The molecule has 1 unspecified atom stereocenters. The van der Waals surface area contributed by atoms with E-state index in [9.17, 15) is 13.9 Å². The lowest BCUT2D eigenvalue weighted by Gasteiger charge is -2.13. The second kappa shape index (κ2) is 4.28. The fourth-order valence-electron chi connectivity index (χ4n) is 1.23. The Morgan fingerprint density at radius 1 is 1.53 bits per heavy atom. The molecule has 0 spiro atoms. The Kier molecular flexibility index (Phi) is 3.46.